The molecule has 11 nitrogen and oxygen atoms in total. The van der Waals surface area contributed by atoms with Gasteiger partial charge in [-0.1, -0.05) is 130 Å². The van der Waals surface area contributed by atoms with E-state index in [0.29, 0.717) is 0 Å². The van der Waals surface area contributed by atoms with Crippen LogP contribution in [0.15, 0.2) is 96.1 Å². The summed E-state index contributed by atoms with van der Waals surface area (Å²) in [5.74, 6) is -0.402. The van der Waals surface area contributed by atoms with E-state index in [9.17, 15) is 10.3 Å². The molecule has 0 radical (unpaired) electrons. The van der Waals surface area contributed by atoms with Gasteiger partial charge >= 0.3 is 5.97 Å². The molecule has 2 heterocycles. The van der Waals surface area contributed by atoms with Gasteiger partial charge in [0.25, 0.3) is 8.32 Å². The fraction of sp³-hybridized carbons (Fsp3) is 0.513. The summed E-state index contributed by atoms with van der Waals surface area (Å²) in [6.45, 7) is 8.82. The molecule has 0 N–H and O–H groups in total. The Morgan fingerprint density at radius 3 is 2.14 bits per heavy atom. The quantitative estimate of drug-likeness (QED) is 0.0753. The Labute approximate surface area is 301 Å². The maximum atomic E-state index is 12.3. The molecule has 3 aliphatic rings. The van der Waals surface area contributed by atoms with Crippen molar-refractivity contribution in [2.45, 2.75) is 101 Å². The topological polar surface area (TPSA) is 130 Å². The first kappa shape index (κ1) is 37.2. The van der Waals surface area contributed by atoms with E-state index in [4.69, 9.17) is 32.8 Å². The number of esters is 1. The highest BCUT2D eigenvalue weighted by Crippen LogP contribution is 2.43. The normalized spacial score (nSPS) is 29.7. The number of benzene rings is 3. The molecule has 272 valence electrons. The number of hydrogen-bond acceptors (Lipinski definition) is 9. The molecule has 3 aromatic rings. The van der Waals surface area contributed by atoms with E-state index in [2.05, 4.69) is 86.3 Å². The van der Waals surface area contributed by atoms with Gasteiger partial charge in [0, 0.05) is 10.5 Å². The number of rotatable bonds is 11. The third-order valence-electron chi connectivity index (χ3n) is 10.3. The number of hydrogen-bond donors (Lipinski definition) is 0. The van der Waals surface area contributed by atoms with Crippen LogP contribution in [0.2, 0.25) is 5.04 Å². The maximum absolute atomic E-state index is 12.3. The number of nitrogens with zero attached hydrogens (tertiary/aromatic N) is 3. The fourth-order valence-electron chi connectivity index (χ4n) is 7.79. The zero-order valence-corrected chi connectivity index (χ0v) is 31.0. The summed E-state index contributed by atoms with van der Waals surface area (Å²) < 4.78 is 44.8. The van der Waals surface area contributed by atoms with Crippen molar-refractivity contribution in [3.63, 3.8) is 0 Å². The Bertz CT molecular complexity index is 1580. The van der Waals surface area contributed by atoms with E-state index >= 15 is 0 Å². The van der Waals surface area contributed by atoms with Crippen molar-refractivity contribution in [1.29, 1.82) is 0 Å². The van der Waals surface area contributed by atoms with Crippen molar-refractivity contribution in [2.24, 2.45) is 11.0 Å². The standard InChI is InChI=1S/C39H49N3O8Si/c1-26-16-15-23-30(34(26)50-51(39(2,3)4,28-19-11-7-12-20-28)29-21-13-8-14-22-29)47-38-33(41-42-40)36(45-25-32(43)44-5)35-31(48-38)24-46-37(49-35)27-17-9-6-10-18-27/h6-14,17-22,26,30-31,33-38H,15-16,23-25H2,1-5H3/t26-,30+,31?,33?,34+,35-,36-,37?,38?/m1/s1. The molecule has 1 aliphatic carbocycles. The van der Waals surface area contributed by atoms with Crippen LogP contribution in [0.3, 0.4) is 0 Å². The number of azide groups is 1. The van der Waals surface area contributed by atoms with Crippen molar-refractivity contribution in [3.8, 4) is 0 Å². The zero-order chi connectivity index (χ0) is 36.0. The van der Waals surface area contributed by atoms with Gasteiger partial charge in [0.15, 0.2) is 12.6 Å². The molecular formula is C39H49N3O8Si. The molecule has 0 bridgehead atoms. The van der Waals surface area contributed by atoms with Gasteiger partial charge < -0.3 is 32.8 Å². The fourth-order valence-corrected chi connectivity index (χ4v) is 12.6. The maximum Gasteiger partial charge on any atom is 0.331 e. The van der Waals surface area contributed by atoms with Gasteiger partial charge in [0.05, 0.1) is 25.9 Å². The number of carbonyl (C=O) groups is 1. The molecule has 2 aliphatic heterocycles. The molecule has 9 atom stereocenters. The smallest absolute Gasteiger partial charge is 0.331 e. The van der Waals surface area contributed by atoms with Gasteiger partial charge in [-0.25, -0.2) is 4.79 Å². The Balaban J connectivity index is 1.34. The second-order valence-electron chi connectivity index (χ2n) is 14.6. The van der Waals surface area contributed by atoms with E-state index in [1.54, 1.807) is 0 Å². The van der Waals surface area contributed by atoms with Gasteiger partial charge in [-0.3, -0.25) is 0 Å². The second kappa shape index (κ2) is 16.4. The van der Waals surface area contributed by atoms with E-state index in [-0.39, 0.29) is 30.3 Å². The van der Waals surface area contributed by atoms with Crippen LogP contribution in [-0.4, -0.2) is 77.5 Å². The van der Waals surface area contributed by atoms with Crippen molar-refractivity contribution in [1.82, 2.24) is 0 Å². The van der Waals surface area contributed by atoms with Crippen molar-refractivity contribution < 1.29 is 37.6 Å². The third-order valence-corrected chi connectivity index (χ3v) is 15.3. The Kier molecular flexibility index (Phi) is 12.0. The lowest BCUT2D eigenvalue weighted by molar-refractivity contribution is -0.353. The van der Waals surface area contributed by atoms with Gasteiger partial charge in [0.2, 0.25) is 0 Å². The molecule has 0 spiro atoms. The molecule has 1 saturated carbocycles. The zero-order valence-electron chi connectivity index (χ0n) is 30.0. The minimum Gasteiger partial charge on any atom is -0.467 e. The van der Waals surface area contributed by atoms with E-state index in [0.717, 1.165) is 24.8 Å². The third kappa shape index (κ3) is 7.94. The van der Waals surface area contributed by atoms with Crippen LogP contribution in [0.1, 0.15) is 58.8 Å². The molecule has 12 heteroatoms. The first-order valence-corrected chi connectivity index (χ1v) is 19.7. The van der Waals surface area contributed by atoms with Crippen LogP contribution in [0.5, 0.6) is 0 Å². The molecular weight excluding hydrogens is 667 g/mol. The Morgan fingerprint density at radius 1 is 0.922 bits per heavy atom. The Hall–Kier alpha value is -3.58. The largest absolute Gasteiger partial charge is 0.467 e. The van der Waals surface area contributed by atoms with Gasteiger partial charge in [-0.15, -0.1) is 0 Å². The lowest BCUT2D eigenvalue weighted by Crippen LogP contribution is -2.69. The van der Waals surface area contributed by atoms with Gasteiger partial charge in [0.1, 0.15) is 31.0 Å². The van der Waals surface area contributed by atoms with Crippen molar-refractivity contribution in [3.05, 3.63) is 107 Å². The predicted octanol–water partition coefficient (Wildman–Crippen LogP) is 6.21. The Morgan fingerprint density at radius 2 is 1.55 bits per heavy atom. The predicted molar refractivity (Wildman–Crippen MR) is 194 cm³/mol. The van der Waals surface area contributed by atoms with Crippen LogP contribution in [-0.2, 0) is 37.6 Å². The average molecular weight is 716 g/mol. The molecule has 51 heavy (non-hydrogen) atoms. The summed E-state index contributed by atoms with van der Waals surface area (Å²) in [4.78, 5) is 15.5. The summed E-state index contributed by atoms with van der Waals surface area (Å²) in [5, 5.41) is 6.29. The number of carbonyl (C=O) groups excluding carboxylic acids is 1. The minimum atomic E-state index is -2.95. The van der Waals surface area contributed by atoms with Gasteiger partial charge in [-0.05, 0) is 39.7 Å². The lowest BCUT2D eigenvalue weighted by Gasteiger charge is -2.51. The second-order valence-corrected chi connectivity index (χ2v) is 18.8. The van der Waals surface area contributed by atoms with Crippen LogP contribution < -0.4 is 10.4 Å². The number of ether oxygens (including phenoxy) is 6. The summed E-state index contributed by atoms with van der Waals surface area (Å²) in [5.41, 5.74) is 10.6. The molecule has 0 amide bonds. The molecule has 6 rings (SSSR count). The first-order chi connectivity index (χ1) is 24.7. The molecule has 0 aromatic heterocycles. The van der Waals surface area contributed by atoms with Crippen molar-refractivity contribution in [2.75, 3.05) is 20.3 Å². The first-order valence-electron chi connectivity index (χ1n) is 17.8. The monoisotopic (exact) mass is 715 g/mol. The molecule has 4 unspecified atom stereocenters. The highest BCUT2D eigenvalue weighted by Gasteiger charge is 2.55. The number of fused-ring (bicyclic) bond motifs is 1. The van der Waals surface area contributed by atoms with Crippen LogP contribution in [0, 0.1) is 5.92 Å². The summed E-state index contributed by atoms with van der Waals surface area (Å²) >= 11 is 0. The van der Waals surface area contributed by atoms with Crippen molar-refractivity contribution >= 4 is 24.7 Å². The van der Waals surface area contributed by atoms with Crippen LogP contribution >= 0.6 is 0 Å². The summed E-state index contributed by atoms with van der Waals surface area (Å²) in [7, 11) is -1.65. The van der Waals surface area contributed by atoms with Gasteiger partial charge in [-0.2, -0.15) is 0 Å². The summed E-state index contributed by atoms with van der Waals surface area (Å²) in [6, 6.07) is 29.7. The molecule has 3 fully saturated rings. The minimum absolute atomic E-state index is 0.166. The summed E-state index contributed by atoms with van der Waals surface area (Å²) in [6.07, 6.45) is -2.02. The lowest BCUT2D eigenvalue weighted by atomic mass is 9.85. The highest BCUT2D eigenvalue weighted by molar-refractivity contribution is 6.99. The van der Waals surface area contributed by atoms with E-state index in [1.165, 1.54) is 17.5 Å². The van der Waals surface area contributed by atoms with E-state index in [1.807, 2.05) is 42.5 Å². The molecule has 2 saturated heterocycles. The van der Waals surface area contributed by atoms with Crippen LogP contribution in [0.4, 0.5) is 0 Å². The highest BCUT2D eigenvalue weighted by atomic mass is 28.4. The van der Waals surface area contributed by atoms with E-state index < -0.39 is 57.3 Å². The molecule has 3 aromatic carbocycles. The number of methoxy groups -OCH3 is 1. The van der Waals surface area contributed by atoms with Crippen LogP contribution in [0.25, 0.3) is 10.4 Å². The SMILES string of the molecule is COC(=O)CO[C@@H]1C(N=[N+]=[N-])C(O[C@H]2CCC[C@@H](C)[C@@H]2O[Si](c2ccccc2)(c2ccccc2)C(C)(C)C)OC2COC(c3ccccc3)O[C@H]21. The average Bonchev–Trinajstić information content (AvgIpc) is 3.15.